The zero-order chi connectivity index (χ0) is 34.4. The molecule has 11 nitrogen and oxygen atoms in total. The number of hydrogen-bond acceptors (Lipinski definition) is 7. The number of hydrogen-bond donors (Lipinski definition) is 2. The van der Waals surface area contributed by atoms with Gasteiger partial charge in [0.05, 0.1) is 5.52 Å². The Bertz CT molecular complexity index is 1740. The van der Waals surface area contributed by atoms with Gasteiger partial charge >= 0.3 is 0 Å². The maximum Gasteiger partial charge on any atom is 0.245 e. The predicted molar refractivity (Wildman–Crippen MR) is 183 cm³/mol. The number of benzene rings is 1. The zero-order valence-corrected chi connectivity index (χ0v) is 29.2. The number of aryl methyl sites for hydroxylation is 2. The smallest absolute Gasteiger partial charge is 0.245 e. The van der Waals surface area contributed by atoms with Crippen LogP contribution in [0.3, 0.4) is 0 Å². The van der Waals surface area contributed by atoms with Crippen LogP contribution in [0.5, 0.6) is 0 Å². The maximum atomic E-state index is 14.4. The largest absolute Gasteiger partial charge is 0.355 e. The molecule has 2 aliphatic heterocycles. The van der Waals surface area contributed by atoms with E-state index < -0.39 is 6.04 Å². The molecule has 3 aliphatic rings. The van der Waals surface area contributed by atoms with Gasteiger partial charge < -0.3 is 15.5 Å². The van der Waals surface area contributed by atoms with Crippen LogP contribution in [0.4, 0.5) is 0 Å². The second-order valence-corrected chi connectivity index (χ2v) is 15.6. The Balaban J connectivity index is 1.39. The summed E-state index contributed by atoms with van der Waals surface area (Å²) in [5.41, 5.74) is 3.52. The van der Waals surface area contributed by atoms with Crippen molar-refractivity contribution in [1.82, 2.24) is 35.3 Å². The molecule has 1 aromatic carbocycles. The van der Waals surface area contributed by atoms with Crippen molar-refractivity contribution in [1.29, 1.82) is 0 Å². The molecule has 256 valence electrons. The topological polar surface area (TPSA) is 139 Å². The van der Waals surface area contributed by atoms with Crippen LogP contribution < -0.4 is 10.6 Å². The minimum Gasteiger partial charge on any atom is -0.355 e. The Morgan fingerprint density at radius 2 is 1.75 bits per heavy atom. The molecule has 2 aromatic heterocycles. The molecule has 3 aromatic rings. The molecule has 0 spiro atoms. The lowest BCUT2D eigenvalue weighted by molar-refractivity contribution is -0.140. The Hall–Kier alpha value is -4.15. The average molecular weight is 656 g/mol. The van der Waals surface area contributed by atoms with Crippen LogP contribution in [0.2, 0.25) is 0 Å². The molecule has 48 heavy (non-hydrogen) atoms. The summed E-state index contributed by atoms with van der Waals surface area (Å²) >= 11 is 0. The number of nitrogens with one attached hydrogen (secondary N) is 2. The summed E-state index contributed by atoms with van der Waals surface area (Å²) in [6, 6.07) is 3.20. The van der Waals surface area contributed by atoms with Crippen molar-refractivity contribution < 1.29 is 19.2 Å². The molecule has 1 saturated heterocycles. The minimum absolute atomic E-state index is 0.0237. The first-order valence-corrected chi connectivity index (χ1v) is 17.5. The van der Waals surface area contributed by atoms with Gasteiger partial charge in [-0.15, -0.1) is 0 Å². The second kappa shape index (κ2) is 13.0. The number of nitrogens with zero attached hydrogens (tertiary/aromatic N) is 5. The first-order chi connectivity index (χ1) is 22.7. The van der Waals surface area contributed by atoms with Crippen LogP contribution in [-0.4, -0.2) is 72.8 Å². The van der Waals surface area contributed by atoms with Crippen LogP contribution in [-0.2, 0) is 27.3 Å². The number of piperidine rings is 1. The minimum atomic E-state index is -0.642. The lowest BCUT2D eigenvalue weighted by Crippen LogP contribution is -2.51. The molecule has 4 atom stereocenters. The lowest BCUT2D eigenvalue weighted by atomic mass is 9.88. The van der Waals surface area contributed by atoms with Gasteiger partial charge in [0.2, 0.25) is 17.7 Å². The normalized spacial score (nSPS) is 24.1. The van der Waals surface area contributed by atoms with Gasteiger partial charge in [-0.3, -0.25) is 23.9 Å². The second-order valence-electron chi connectivity index (χ2n) is 15.6. The molecule has 11 heteroatoms. The highest BCUT2D eigenvalue weighted by Crippen LogP contribution is 2.59. The standard InChI is InChI=1S/C37H49N7O4/c1-22(15-36(4,5)6)41-35(48)29-16-37-17-30(37)44(29)32(47)20-43-34-25(11-9-7-8-10-12-31(46)40-21-37)13-26(27-18-38-24(3)39-19-27)14-28(34)33(42-43)23(2)45/h13-14,18-19,22,29-30H,7-12,15-17,20-21H2,1-6H3,(H,40,46)(H,41,48)/t22-,29+,30-,37+/m1/s1. The van der Waals surface area contributed by atoms with Crippen molar-refractivity contribution in [2.45, 2.75) is 124 Å². The number of carbonyl (C=O) groups is 4. The van der Waals surface area contributed by atoms with Gasteiger partial charge in [-0.05, 0) is 81.0 Å². The van der Waals surface area contributed by atoms with Gasteiger partial charge in [-0.1, -0.05) is 33.6 Å². The Morgan fingerprint density at radius 1 is 1.04 bits per heavy atom. The maximum absolute atomic E-state index is 14.4. The van der Waals surface area contributed by atoms with Crippen LogP contribution >= 0.6 is 0 Å². The SMILES string of the molecule is CC(=O)c1nn2c3c(cc(-c4cnc(C)nc4)cc13)CCCCCCC(=O)NC[C@@]13C[C@@H](C(=O)N[C@H](C)CC(C)(C)C)N(C(=O)C2)[C@@H]1C3. The van der Waals surface area contributed by atoms with E-state index in [0.29, 0.717) is 42.7 Å². The van der Waals surface area contributed by atoms with Gasteiger partial charge in [-0.2, -0.15) is 5.10 Å². The molecule has 0 unspecified atom stereocenters. The van der Waals surface area contributed by atoms with Crippen molar-refractivity contribution in [2.75, 3.05) is 6.54 Å². The van der Waals surface area contributed by atoms with E-state index >= 15 is 0 Å². The summed E-state index contributed by atoms with van der Waals surface area (Å²) in [7, 11) is 0. The highest BCUT2D eigenvalue weighted by atomic mass is 16.2. The van der Waals surface area contributed by atoms with Crippen molar-refractivity contribution in [2.24, 2.45) is 10.8 Å². The van der Waals surface area contributed by atoms with E-state index in [0.717, 1.165) is 60.7 Å². The quantitative estimate of drug-likeness (QED) is 0.372. The number of carbonyl (C=O) groups excluding carboxylic acids is 4. The average Bonchev–Trinajstić information content (AvgIpc) is 3.42. The van der Waals surface area contributed by atoms with Gasteiger partial charge in [0.15, 0.2) is 5.78 Å². The predicted octanol–water partition coefficient (Wildman–Crippen LogP) is 4.93. The Morgan fingerprint density at radius 3 is 2.44 bits per heavy atom. The molecule has 6 rings (SSSR count). The molecule has 2 bridgehead atoms. The summed E-state index contributed by atoms with van der Waals surface area (Å²) in [4.78, 5) is 64.6. The van der Waals surface area contributed by atoms with E-state index in [-0.39, 0.29) is 53.0 Å². The van der Waals surface area contributed by atoms with Gasteiger partial charge in [0, 0.05) is 60.7 Å². The molecule has 0 radical (unpaired) electrons. The van der Waals surface area contributed by atoms with E-state index in [1.165, 1.54) is 6.92 Å². The molecular formula is C37H49N7O4. The fourth-order valence-corrected chi connectivity index (χ4v) is 7.98. The van der Waals surface area contributed by atoms with Crippen LogP contribution in [0.1, 0.15) is 108 Å². The summed E-state index contributed by atoms with van der Waals surface area (Å²) in [5.74, 6) is 0.147. The highest BCUT2D eigenvalue weighted by molar-refractivity contribution is 6.07. The first-order valence-electron chi connectivity index (χ1n) is 17.5. The number of aromatic nitrogens is 4. The molecule has 1 saturated carbocycles. The third-order valence-electron chi connectivity index (χ3n) is 10.2. The van der Waals surface area contributed by atoms with Crippen molar-refractivity contribution in [3.63, 3.8) is 0 Å². The molecule has 2 fully saturated rings. The third kappa shape index (κ3) is 7.00. The van der Waals surface area contributed by atoms with Crippen molar-refractivity contribution in [3.8, 4) is 11.1 Å². The van der Waals surface area contributed by atoms with Crippen LogP contribution in [0.25, 0.3) is 22.0 Å². The summed E-state index contributed by atoms with van der Waals surface area (Å²) < 4.78 is 1.68. The monoisotopic (exact) mass is 655 g/mol. The Labute approximate surface area is 282 Å². The van der Waals surface area contributed by atoms with Gasteiger partial charge in [0.25, 0.3) is 0 Å². The number of ketones is 1. The molecular weight excluding hydrogens is 606 g/mol. The van der Waals surface area contributed by atoms with Crippen molar-refractivity contribution in [3.05, 3.63) is 41.6 Å². The fraction of sp³-hybridized carbons (Fsp3) is 0.595. The molecule has 3 amide bonds. The van der Waals surface area contributed by atoms with Crippen molar-refractivity contribution >= 4 is 34.4 Å². The number of amides is 3. The number of rotatable bonds is 5. The van der Waals surface area contributed by atoms with Crippen LogP contribution in [0.15, 0.2) is 24.5 Å². The van der Waals surface area contributed by atoms with Crippen LogP contribution in [0, 0.1) is 17.8 Å². The van der Waals surface area contributed by atoms with E-state index in [1.54, 1.807) is 22.0 Å². The van der Waals surface area contributed by atoms with E-state index in [9.17, 15) is 19.2 Å². The zero-order valence-electron chi connectivity index (χ0n) is 29.2. The first kappa shape index (κ1) is 33.7. The third-order valence-corrected chi connectivity index (χ3v) is 10.2. The van der Waals surface area contributed by atoms with Gasteiger partial charge in [-0.25, -0.2) is 9.97 Å². The molecule has 4 heterocycles. The Kier molecular flexibility index (Phi) is 9.17. The van der Waals surface area contributed by atoms with Gasteiger partial charge in [0.1, 0.15) is 24.1 Å². The summed E-state index contributed by atoms with van der Waals surface area (Å²) in [6.07, 6.45) is 10.3. The number of Topliss-reactive ketones (excluding diaryl/α,β-unsaturated/α-hetero) is 1. The summed E-state index contributed by atoms with van der Waals surface area (Å²) in [5, 5.41) is 11.8. The van der Waals surface area contributed by atoms with E-state index in [2.05, 4.69) is 47.4 Å². The van der Waals surface area contributed by atoms with E-state index in [4.69, 9.17) is 5.10 Å². The highest BCUT2D eigenvalue weighted by Gasteiger charge is 2.67. The molecule has 2 N–H and O–H groups in total. The summed E-state index contributed by atoms with van der Waals surface area (Å²) in [6.45, 7) is 12.1. The van der Waals surface area contributed by atoms with E-state index in [1.807, 2.05) is 19.9 Å². The fourth-order valence-electron chi connectivity index (χ4n) is 7.98. The lowest BCUT2D eigenvalue weighted by Gasteiger charge is -2.30. The molecule has 1 aliphatic carbocycles.